The number of rotatable bonds is 10. The molecule has 14 heteroatoms. The Morgan fingerprint density at radius 3 is 2.60 bits per heavy atom. The van der Waals surface area contributed by atoms with Crippen molar-refractivity contribution < 1.29 is 13.5 Å². The van der Waals surface area contributed by atoms with Crippen LogP contribution in [0.4, 0.5) is 22.0 Å². The number of aromatic nitrogens is 5. The van der Waals surface area contributed by atoms with Gasteiger partial charge in [-0.15, -0.1) is 5.10 Å². The second-order valence-corrected chi connectivity index (χ2v) is 9.84. The number of hydrogen-bond donors (Lipinski definition) is 3. The summed E-state index contributed by atoms with van der Waals surface area (Å²) in [6.45, 7) is 10.0. The second-order valence-electron chi connectivity index (χ2n) is 9.84. The van der Waals surface area contributed by atoms with Crippen LogP contribution >= 0.6 is 0 Å². The van der Waals surface area contributed by atoms with Crippen molar-refractivity contribution in [2.45, 2.75) is 0 Å². The fourth-order valence-corrected chi connectivity index (χ4v) is 4.99. The molecule has 0 atom stereocenters. The Kier molecular flexibility index (Phi) is 7.88. The van der Waals surface area contributed by atoms with Gasteiger partial charge in [0.2, 0.25) is 17.7 Å². The van der Waals surface area contributed by atoms with Crippen molar-refractivity contribution in [1.29, 1.82) is 0 Å². The van der Waals surface area contributed by atoms with E-state index >= 15 is 0 Å². The molecule has 4 aromatic rings. The number of hydrogen-bond acceptors (Lipinski definition) is 12. The van der Waals surface area contributed by atoms with E-state index in [0.717, 1.165) is 65.4 Å². The summed E-state index contributed by atoms with van der Waals surface area (Å²) in [5.41, 5.74) is 6.68. The Bertz CT molecular complexity index is 1400. The molecule has 0 saturated carbocycles. The Balaban J connectivity index is 0.956. The zero-order valence-electron chi connectivity index (χ0n) is 22.3. The van der Waals surface area contributed by atoms with E-state index in [1.54, 1.807) is 18.4 Å². The first-order valence-corrected chi connectivity index (χ1v) is 13.6. The largest absolute Gasteiger partial charge is 0.492 e. The number of nitrogens with zero attached hydrogens (tertiary/aromatic N) is 8. The van der Waals surface area contributed by atoms with Gasteiger partial charge in [0, 0.05) is 78.1 Å². The van der Waals surface area contributed by atoms with Crippen LogP contribution < -0.4 is 26.0 Å². The molecule has 0 radical (unpaired) electrons. The van der Waals surface area contributed by atoms with Crippen LogP contribution in [0, 0.1) is 5.82 Å². The van der Waals surface area contributed by atoms with E-state index in [2.05, 4.69) is 45.4 Å². The molecule has 212 valence electrons. The van der Waals surface area contributed by atoms with Crippen molar-refractivity contribution in [1.82, 2.24) is 39.7 Å². The lowest BCUT2D eigenvalue weighted by molar-refractivity contribution is 0.191. The lowest BCUT2D eigenvalue weighted by atomic mass is 10.2. The Labute approximate surface area is 231 Å². The molecule has 4 N–H and O–H groups in total. The predicted molar refractivity (Wildman–Crippen MR) is 149 cm³/mol. The van der Waals surface area contributed by atoms with Crippen LogP contribution in [0.1, 0.15) is 0 Å². The van der Waals surface area contributed by atoms with Crippen molar-refractivity contribution in [3.63, 3.8) is 0 Å². The molecule has 2 fully saturated rings. The number of ether oxygens (including phenoxy) is 1. The SMILES string of the molecule is Nc1nc(NCCN2CCN(c3ccc(OCCN4CCNCC4)cc3F)CC2)nc2nc(-c3ccco3)nn12. The van der Waals surface area contributed by atoms with Gasteiger partial charge < -0.3 is 30.4 Å². The average Bonchev–Trinajstić information content (AvgIpc) is 3.65. The third-order valence-electron chi connectivity index (χ3n) is 7.20. The van der Waals surface area contributed by atoms with Crippen molar-refractivity contribution in [3.8, 4) is 17.3 Å². The van der Waals surface area contributed by atoms with E-state index in [1.165, 1.54) is 10.6 Å². The van der Waals surface area contributed by atoms with E-state index in [-0.39, 0.29) is 11.8 Å². The molecule has 3 aromatic heterocycles. The summed E-state index contributed by atoms with van der Waals surface area (Å²) in [4.78, 5) is 19.9. The number of nitrogens with two attached hydrogens (primary N) is 1. The summed E-state index contributed by atoms with van der Waals surface area (Å²) in [5.74, 6) is 2.17. The second kappa shape index (κ2) is 12.0. The van der Waals surface area contributed by atoms with Crippen LogP contribution in [-0.4, -0.2) is 113 Å². The molecule has 0 spiro atoms. The third-order valence-corrected chi connectivity index (χ3v) is 7.20. The van der Waals surface area contributed by atoms with E-state index in [9.17, 15) is 4.39 Å². The number of nitrogen functional groups attached to an aromatic ring is 1. The number of furan rings is 1. The van der Waals surface area contributed by atoms with Gasteiger partial charge in [-0.2, -0.15) is 19.5 Å². The summed E-state index contributed by atoms with van der Waals surface area (Å²) in [6.07, 6.45) is 1.56. The monoisotopic (exact) mass is 551 g/mol. The van der Waals surface area contributed by atoms with Crippen LogP contribution in [0.15, 0.2) is 41.0 Å². The molecule has 2 saturated heterocycles. The zero-order valence-corrected chi connectivity index (χ0v) is 22.3. The minimum Gasteiger partial charge on any atom is -0.492 e. The van der Waals surface area contributed by atoms with Gasteiger partial charge in [-0.05, 0) is 24.3 Å². The standard InChI is InChI=1S/C26H34FN11O2/c27-20-18-19(39-17-15-35-8-5-29-6-9-35)3-4-21(20)37-13-11-36(12-14-37)10-7-30-25-32-24(28)38-26(33-25)31-23(34-38)22-2-1-16-40-22/h1-4,16,18,29H,5-15,17H2,(H3,28,30,31,32,33,34). The number of halogens is 1. The lowest BCUT2D eigenvalue weighted by Gasteiger charge is -2.36. The van der Waals surface area contributed by atoms with Gasteiger partial charge in [0.15, 0.2) is 5.76 Å². The molecular formula is C26H34FN11O2. The molecule has 0 aliphatic carbocycles. The first kappa shape index (κ1) is 26.2. The molecule has 13 nitrogen and oxygen atoms in total. The fraction of sp³-hybridized carbons (Fsp3) is 0.462. The predicted octanol–water partition coefficient (Wildman–Crippen LogP) is 1.02. The van der Waals surface area contributed by atoms with Crippen LogP contribution in [0.2, 0.25) is 0 Å². The summed E-state index contributed by atoms with van der Waals surface area (Å²) in [6, 6.07) is 8.72. The smallest absolute Gasteiger partial charge is 0.259 e. The molecule has 6 rings (SSSR count). The fourth-order valence-electron chi connectivity index (χ4n) is 4.99. The number of nitrogens with one attached hydrogen (secondary N) is 2. The molecular weight excluding hydrogens is 517 g/mol. The summed E-state index contributed by atoms with van der Waals surface area (Å²) in [7, 11) is 0. The van der Waals surface area contributed by atoms with Crippen molar-refractivity contribution in [2.75, 3.05) is 94.5 Å². The highest BCUT2D eigenvalue weighted by atomic mass is 19.1. The van der Waals surface area contributed by atoms with Gasteiger partial charge >= 0.3 is 0 Å². The highest BCUT2D eigenvalue weighted by Gasteiger charge is 2.20. The molecule has 0 bridgehead atoms. The molecule has 1 aromatic carbocycles. The molecule has 40 heavy (non-hydrogen) atoms. The maximum atomic E-state index is 14.9. The average molecular weight is 552 g/mol. The summed E-state index contributed by atoms with van der Waals surface area (Å²) < 4.78 is 27.5. The van der Waals surface area contributed by atoms with Gasteiger partial charge in [0.05, 0.1) is 12.0 Å². The first-order valence-electron chi connectivity index (χ1n) is 13.6. The topological polar surface area (TPSA) is 138 Å². The van der Waals surface area contributed by atoms with Gasteiger partial charge in [0.1, 0.15) is 18.2 Å². The minimum atomic E-state index is -0.247. The van der Waals surface area contributed by atoms with Crippen molar-refractivity contribution >= 4 is 23.4 Å². The van der Waals surface area contributed by atoms with Crippen molar-refractivity contribution in [2.24, 2.45) is 0 Å². The van der Waals surface area contributed by atoms with Gasteiger partial charge in [-0.1, -0.05) is 0 Å². The summed E-state index contributed by atoms with van der Waals surface area (Å²) in [5, 5.41) is 10.9. The first-order chi connectivity index (χ1) is 19.6. The van der Waals surface area contributed by atoms with E-state index in [4.69, 9.17) is 14.9 Å². The van der Waals surface area contributed by atoms with Gasteiger partial charge in [0.25, 0.3) is 5.78 Å². The van der Waals surface area contributed by atoms with Gasteiger partial charge in [-0.25, -0.2) is 4.39 Å². The Morgan fingerprint density at radius 2 is 1.82 bits per heavy atom. The molecule has 5 heterocycles. The van der Waals surface area contributed by atoms with E-state index in [0.29, 0.717) is 47.9 Å². The van der Waals surface area contributed by atoms with Crippen LogP contribution in [0.25, 0.3) is 17.4 Å². The minimum absolute atomic E-state index is 0.185. The number of benzene rings is 1. The molecule has 0 unspecified atom stereocenters. The normalized spacial score (nSPS) is 17.0. The van der Waals surface area contributed by atoms with Crippen molar-refractivity contribution in [3.05, 3.63) is 42.4 Å². The maximum Gasteiger partial charge on any atom is 0.259 e. The lowest BCUT2D eigenvalue weighted by Crippen LogP contribution is -2.48. The number of anilines is 3. The third kappa shape index (κ3) is 6.08. The number of fused-ring (bicyclic) bond motifs is 1. The number of piperazine rings is 2. The highest BCUT2D eigenvalue weighted by molar-refractivity contribution is 5.53. The Hall–Kier alpha value is -4.01. The molecule has 0 amide bonds. The van der Waals surface area contributed by atoms with E-state index in [1.807, 2.05) is 12.1 Å². The van der Waals surface area contributed by atoms with Crippen LogP contribution in [0.5, 0.6) is 5.75 Å². The van der Waals surface area contributed by atoms with Crippen LogP contribution in [-0.2, 0) is 0 Å². The molecule has 2 aliphatic heterocycles. The van der Waals surface area contributed by atoms with E-state index < -0.39 is 0 Å². The highest BCUT2D eigenvalue weighted by Crippen LogP contribution is 2.25. The quantitative estimate of drug-likeness (QED) is 0.259. The maximum absolute atomic E-state index is 14.9. The Morgan fingerprint density at radius 1 is 1.00 bits per heavy atom. The van der Waals surface area contributed by atoms with Crippen LogP contribution in [0.3, 0.4) is 0 Å². The zero-order chi connectivity index (χ0) is 27.3. The molecule has 2 aliphatic rings. The summed E-state index contributed by atoms with van der Waals surface area (Å²) >= 11 is 0. The van der Waals surface area contributed by atoms with Gasteiger partial charge in [-0.3, -0.25) is 9.80 Å².